The lowest BCUT2D eigenvalue weighted by atomic mass is 10.0. The smallest absolute Gasteiger partial charge is 0.164 e. The molecule has 1 unspecified atom stereocenters. The molecule has 5 heteroatoms. The molecular formula is C12H16O5. The third-order valence-electron chi connectivity index (χ3n) is 2.42. The predicted octanol–water partition coefficient (Wildman–Crippen LogP) is 1.33. The predicted molar refractivity (Wildman–Crippen MR) is 61.7 cm³/mol. The summed E-state index contributed by atoms with van der Waals surface area (Å²) in [6.45, 7) is 1.31. The van der Waals surface area contributed by atoms with Gasteiger partial charge in [-0.25, -0.2) is 0 Å². The highest BCUT2D eigenvalue weighted by molar-refractivity contribution is 5.82. The van der Waals surface area contributed by atoms with Gasteiger partial charge >= 0.3 is 0 Å². The molecule has 0 aliphatic heterocycles. The first-order valence-electron chi connectivity index (χ1n) is 5.03. The van der Waals surface area contributed by atoms with Gasteiger partial charge in [0.1, 0.15) is 11.9 Å². The molecular weight excluding hydrogens is 224 g/mol. The average molecular weight is 240 g/mol. The number of aliphatic hydroxyl groups is 1. The van der Waals surface area contributed by atoms with Crippen LogP contribution in [-0.2, 0) is 4.79 Å². The van der Waals surface area contributed by atoms with Crippen molar-refractivity contribution in [2.45, 2.75) is 13.0 Å². The van der Waals surface area contributed by atoms with E-state index in [1.807, 2.05) is 0 Å². The monoisotopic (exact) mass is 240 g/mol. The van der Waals surface area contributed by atoms with Gasteiger partial charge in [0.2, 0.25) is 0 Å². The van der Waals surface area contributed by atoms with Crippen LogP contribution in [0.3, 0.4) is 0 Å². The Morgan fingerprint density at radius 2 is 1.53 bits per heavy atom. The highest BCUT2D eigenvalue weighted by atomic mass is 16.5. The molecule has 94 valence electrons. The summed E-state index contributed by atoms with van der Waals surface area (Å²) in [6, 6.07) is 3.10. The Balaban J connectivity index is 3.33. The van der Waals surface area contributed by atoms with Crippen molar-refractivity contribution in [3.05, 3.63) is 17.7 Å². The van der Waals surface area contributed by atoms with Crippen molar-refractivity contribution in [1.29, 1.82) is 0 Å². The van der Waals surface area contributed by atoms with E-state index in [2.05, 4.69) is 0 Å². The van der Waals surface area contributed by atoms with Crippen LogP contribution in [0.2, 0.25) is 0 Å². The van der Waals surface area contributed by atoms with E-state index in [1.54, 1.807) is 6.07 Å². The van der Waals surface area contributed by atoms with Crippen LogP contribution in [0.4, 0.5) is 0 Å². The van der Waals surface area contributed by atoms with E-state index >= 15 is 0 Å². The highest BCUT2D eigenvalue weighted by Crippen LogP contribution is 2.37. The second kappa shape index (κ2) is 5.54. The molecule has 0 saturated heterocycles. The Morgan fingerprint density at radius 3 is 1.94 bits per heavy atom. The fraction of sp³-hybridized carbons (Fsp3) is 0.417. The molecule has 0 aliphatic carbocycles. The Morgan fingerprint density at radius 1 is 1.06 bits per heavy atom. The highest BCUT2D eigenvalue weighted by Gasteiger charge is 2.21. The minimum atomic E-state index is -1.23. The molecule has 0 fully saturated rings. The van der Waals surface area contributed by atoms with Crippen molar-refractivity contribution in [1.82, 2.24) is 0 Å². The number of hydrogen-bond donors (Lipinski definition) is 1. The maximum atomic E-state index is 11.2. The van der Waals surface area contributed by atoms with Gasteiger partial charge < -0.3 is 19.3 Å². The molecule has 0 aromatic heterocycles. The topological polar surface area (TPSA) is 65.0 Å². The minimum absolute atomic E-state index is 0.359. The zero-order valence-corrected chi connectivity index (χ0v) is 10.3. The van der Waals surface area contributed by atoms with E-state index in [4.69, 9.17) is 14.2 Å². The van der Waals surface area contributed by atoms with E-state index in [0.717, 1.165) is 0 Å². The van der Waals surface area contributed by atoms with Gasteiger partial charge in [0.15, 0.2) is 17.3 Å². The van der Waals surface area contributed by atoms with Gasteiger partial charge in [0.05, 0.1) is 21.3 Å². The first kappa shape index (κ1) is 13.3. The minimum Gasteiger partial charge on any atom is -0.496 e. The third kappa shape index (κ3) is 2.68. The van der Waals surface area contributed by atoms with Gasteiger partial charge in [0, 0.05) is 11.6 Å². The standard InChI is InChI=1S/C12H16O5/c1-7(13)12(14)8-5-10(16-3)11(17-4)6-9(8)15-2/h5-6,12,14H,1-4H3. The summed E-state index contributed by atoms with van der Waals surface area (Å²) < 4.78 is 15.3. The van der Waals surface area contributed by atoms with Gasteiger partial charge in [0.25, 0.3) is 0 Å². The van der Waals surface area contributed by atoms with Gasteiger partial charge in [-0.05, 0) is 13.0 Å². The molecule has 1 aromatic rings. The summed E-state index contributed by atoms with van der Waals surface area (Å²) in [5.74, 6) is 0.924. The van der Waals surface area contributed by atoms with Crippen molar-refractivity contribution in [2.75, 3.05) is 21.3 Å². The van der Waals surface area contributed by atoms with Crippen LogP contribution < -0.4 is 14.2 Å². The van der Waals surface area contributed by atoms with Gasteiger partial charge in [-0.3, -0.25) is 4.79 Å². The van der Waals surface area contributed by atoms with Gasteiger partial charge in [-0.1, -0.05) is 0 Å². The van der Waals surface area contributed by atoms with Crippen molar-refractivity contribution in [2.24, 2.45) is 0 Å². The number of ether oxygens (including phenoxy) is 3. The molecule has 0 aliphatic rings. The van der Waals surface area contributed by atoms with Crippen LogP contribution in [-0.4, -0.2) is 32.2 Å². The van der Waals surface area contributed by atoms with Crippen molar-refractivity contribution in [3.8, 4) is 17.2 Å². The number of hydrogen-bond acceptors (Lipinski definition) is 5. The molecule has 0 saturated carbocycles. The normalized spacial score (nSPS) is 11.8. The number of carbonyl (C=O) groups excluding carboxylic acids is 1. The molecule has 1 N–H and O–H groups in total. The first-order chi connectivity index (χ1) is 8.04. The van der Waals surface area contributed by atoms with E-state index in [0.29, 0.717) is 22.8 Å². The third-order valence-corrected chi connectivity index (χ3v) is 2.42. The second-order valence-electron chi connectivity index (χ2n) is 3.46. The maximum absolute atomic E-state index is 11.2. The van der Waals surface area contributed by atoms with Gasteiger partial charge in [-0.15, -0.1) is 0 Å². The van der Waals surface area contributed by atoms with Crippen LogP contribution in [0.15, 0.2) is 12.1 Å². The largest absolute Gasteiger partial charge is 0.496 e. The Kier molecular flexibility index (Phi) is 4.34. The number of ketones is 1. The van der Waals surface area contributed by atoms with Crippen LogP contribution in [0.5, 0.6) is 17.2 Å². The van der Waals surface area contributed by atoms with Crippen molar-refractivity contribution in [3.63, 3.8) is 0 Å². The molecule has 17 heavy (non-hydrogen) atoms. The summed E-state index contributed by atoms with van der Waals surface area (Å²) in [5, 5.41) is 9.77. The Labute approximate surface area is 99.9 Å². The lowest BCUT2D eigenvalue weighted by Gasteiger charge is -2.16. The lowest BCUT2D eigenvalue weighted by Crippen LogP contribution is -2.09. The molecule has 0 spiro atoms. The number of aliphatic hydroxyl groups excluding tert-OH is 1. The summed E-state index contributed by atoms with van der Waals surface area (Å²) in [5.41, 5.74) is 0.359. The Bertz CT molecular complexity index is 414. The second-order valence-corrected chi connectivity index (χ2v) is 3.46. The van der Waals surface area contributed by atoms with E-state index in [-0.39, 0.29) is 5.78 Å². The summed E-state index contributed by atoms with van der Waals surface area (Å²) in [4.78, 5) is 11.2. The van der Waals surface area contributed by atoms with Crippen LogP contribution in [0.1, 0.15) is 18.6 Å². The van der Waals surface area contributed by atoms with Crippen molar-refractivity contribution >= 4 is 5.78 Å². The molecule has 0 radical (unpaired) electrons. The number of rotatable bonds is 5. The van der Waals surface area contributed by atoms with E-state index < -0.39 is 6.10 Å². The molecule has 5 nitrogen and oxygen atoms in total. The lowest BCUT2D eigenvalue weighted by molar-refractivity contribution is -0.125. The van der Waals surface area contributed by atoms with Gasteiger partial charge in [-0.2, -0.15) is 0 Å². The number of benzene rings is 1. The summed E-state index contributed by atoms with van der Waals surface area (Å²) in [7, 11) is 4.43. The van der Waals surface area contributed by atoms with Crippen molar-refractivity contribution < 1.29 is 24.1 Å². The number of methoxy groups -OCH3 is 3. The Hall–Kier alpha value is -1.75. The summed E-state index contributed by atoms with van der Waals surface area (Å²) in [6.07, 6.45) is -1.23. The molecule has 0 bridgehead atoms. The molecule has 0 amide bonds. The quantitative estimate of drug-likeness (QED) is 0.841. The molecule has 0 heterocycles. The molecule has 1 aromatic carbocycles. The van der Waals surface area contributed by atoms with Crippen LogP contribution >= 0.6 is 0 Å². The van der Waals surface area contributed by atoms with Crippen LogP contribution in [0.25, 0.3) is 0 Å². The SMILES string of the molecule is COc1cc(OC)c(C(O)C(C)=O)cc1OC. The zero-order chi connectivity index (χ0) is 13.0. The fourth-order valence-corrected chi connectivity index (χ4v) is 1.49. The summed E-state index contributed by atoms with van der Waals surface area (Å²) >= 11 is 0. The molecule has 1 rings (SSSR count). The zero-order valence-electron chi connectivity index (χ0n) is 10.3. The first-order valence-corrected chi connectivity index (χ1v) is 5.03. The van der Waals surface area contributed by atoms with E-state index in [9.17, 15) is 9.90 Å². The van der Waals surface area contributed by atoms with Crippen LogP contribution in [0, 0.1) is 0 Å². The fourth-order valence-electron chi connectivity index (χ4n) is 1.49. The maximum Gasteiger partial charge on any atom is 0.164 e. The number of Topliss-reactive ketones (excluding diaryl/α,β-unsaturated/α-hetero) is 1. The average Bonchev–Trinajstić information content (AvgIpc) is 2.35. The number of carbonyl (C=O) groups is 1. The van der Waals surface area contributed by atoms with E-state index in [1.165, 1.54) is 34.3 Å². The molecule has 1 atom stereocenters.